The van der Waals surface area contributed by atoms with E-state index in [0.717, 1.165) is 25.6 Å². The molecule has 18 heavy (non-hydrogen) atoms. The Labute approximate surface area is 114 Å². The normalized spacial score (nSPS) is 16.2. The maximum absolute atomic E-state index is 7.62. The molecule has 0 aliphatic heterocycles. The minimum Gasteiger partial charge on any atom is -0.387 e. The van der Waals surface area contributed by atoms with E-state index in [1.54, 1.807) is 11.3 Å². The van der Waals surface area contributed by atoms with Gasteiger partial charge in [-0.3, -0.25) is 10.3 Å². The highest BCUT2D eigenvalue weighted by molar-refractivity contribution is 7.07. The number of nitrogens with zero attached hydrogens (tertiary/aromatic N) is 1. The monoisotopic (exact) mass is 265 g/mol. The standard InChI is InChI=1S/C14H23N3S/c1-14(2,13(15)16)6-7-17(12-3-4-12)9-11-5-8-18-10-11/h5,8,10,12H,3-4,6-7,9H2,1-2H3,(H3,15,16). The Kier molecular flexibility index (Phi) is 4.07. The molecule has 2 rings (SSSR count). The second kappa shape index (κ2) is 5.41. The van der Waals surface area contributed by atoms with Crippen molar-refractivity contribution in [3.8, 4) is 0 Å². The van der Waals surface area contributed by atoms with Crippen molar-refractivity contribution in [3.05, 3.63) is 22.4 Å². The van der Waals surface area contributed by atoms with Gasteiger partial charge in [0.2, 0.25) is 0 Å². The van der Waals surface area contributed by atoms with Crippen LogP contribution in [0.4, 0.5) is 0 Å². The number of rotatable bonds is 7. The Morgan fingerprint density at radius 3 is 2.78 bits per heavy atom. The molecule has 4 heteroatoms. The summed E-state index contributed by atoms with van der Waals surface area (Å²) in [4.78, 5) is 2.55. The van der Waals surface area contributed by atoms with Gasteiger partial charge in [0, 0.05) is 18.0 Å². The summed E-state index contributed by atoms with van der Waals surface area (Å²) in [6.07, 6.45) is 3.61. The van der Waals surface area contributed by atoms with Crippen LogP contribution in [-0.2, 0) is 6.54 Å². The zero-order valence-corrected chi connectivity index (χ0v) is 12.1. The molecule has 1 aliphatic carbocycles. The van der Waals surface area contributed by atoms with Gasteiger partial charge in [-0.25, -0.2) is 0 Å². The third-order valence-corrected chi connectivity index (χ3v) is 4.51. The highest BCUT2D eigenvalue weighted by Gasteiger charge is 2.31. The van der Waals surface area contributed by atoms with Gasteiger partial charge < -0.3 is 5.73 Å². The molecule has 0 aromatic carbocycles. The van der Waals surface area contributed by atoms with Crippen molar-refractivity contribution in [3.63, 3.8) is 0 Å². The van der Waals surface area contributed by atoms with E-state index in [9.17, 15) is 0 Å². The van der Waals surface area contributed by atoms with Crippen LogP contribution in [0, 0.1) is 10.8 Å². The summed E-state index contributed by atoms with van der Waals surface area (Å²) in [5.41, 5.74) is 6.88. The largest absolute Gasteiger partial charge is 0.387 e. The average Bonchev–Trinajstić information content (AvgIpc) is 3.02. The lowest BCUT2D eigenvalue weighted by molar-refractivity contribution is 0.228. The van der Waals surface area contributed by atoms with Gasteiger partial charge >= 0.3 is 0 Å². The quantitative estimate of drug-likeness (QED) is 0.588. The molecule has 0 radical (unpaired) electrons. The molecule has 0 atom stereocenters. The van der Waals surface area contributed by atoms with Crippen molar-refractivity contribution >= 4 is 17.2 Å². The van der Waals surface area contributed by atoms with E-state index in [2.05, 4.69) is 35.6 Å². The fourth-order valence-electron chi connectivity index (χ4n) is 2.01. The SMILES string of the molecule is CC(C)(CCN(Cc1ccsc1)C1CC1)C(=N)N. The molecule has 1 aliphatic rings. The Balaban J connectivity index is 1.89. The second-order valence-corrected chi connectivity index (χ2v) is 6.66. The van der Waals surface area contributed by atoms with Gasteiger partial charge in [0.15, 0.2) is 0 Å². The molecule has 0 spiro atoms. The fourth-order valence-corrected chi connectivity index (χ4v) is 2.67. The van der Waals surface area contributed by atoms with Crippen LogP contribution >= 0.6 is 11.3 Å². The number of thiophene rings is 1. The molecule has 0 unspecified atom stereocenters. The molecule has 1 heterocycles. The zero-order chi connectivity index (χ0) is 13.2. The molecule has 0 amide bonds. The highest BCUT2D eigenvalue weighted by atomic mass is 32.1. The van der Waals surface area contributed by atoms with E-state index in [4.69, 9.17) is 11.1 Å². The van der Waals surface area contributed by atoms with Gasteiger partial charge in [-0.05, 0) is 48.2 Å². The van der Waals surface area contributed by atoms with Crippen LogP contribution in [0.1, 0.15) is 38.7 Å². The maximum atomic E-state index is 7.62. The van der Waals surface area contributed by atoms with E-state index in [-0.39, 0.29) is 5.41 Å². The van der Waals surface area contributed by atoms with E-state index in [1.807, 2.05) is 0 Å². The summed E-state index contributed by atoms with van der Waals surface area (Å²) < 4.78 is 0. The Morgan fingerprint density at radius 1 is 1.56 bits per heavy atom. The fraction of sp³-hybridized carbons (Fsp3) is 0.643. The van der Waals surface area contributed by atoms with Crippen LogP contribution in [0.25, 0.3) is 0 Å². The maximum Gasteiger partial charge on any atom is 0.0963 e. The van der Waals surface area contributed by atoms with Crippen molar-refractivity contribution in [2.24, 2.45) is 11.1 Å². The molecule has 100 valence electrons. The number of hydrogen-bond donors (Lipinski definition) is 2. The van der Waals surface area contributed by atoms with Gasteiger partial charge in [0.25, 0.3) is 0 Å². The zero-order valence-electron chi connectivity index (χ0n) is 11.3. The van der Waals surface area contributed by atoms with Gasteiger partial charge in [-0.1, -0.05) is 13.8 Å². The lowest BCUT2D eigenvalue weighted by Crippen LogP contribution is -2.36. The predicted octanol–water partition coefficient (Wildman–Crippen LogP) is 3.06. The number of amidine groups is 1. The average molecular weight is 265 g/mol. The van der Waals surface area contributed by atoms with Crippen molar-refractivity contribution in [1.82, 2.24) is 4.90 Å². The molecule has 1 fully saturated rings. The molecule has 0 saturated heterocycles. The van der Waals surface area contributed by atoms with Crippen LogP contribution in [0.2, 0.25) is 0 Å². The van der Waals surface area contributed by atoms with Gasteiger partial charge in [0.05, 0.1) is 5.84 Å². The molecule has 3 N–H and O–H groups in total. The summed E-state index contributed by atoms with van der Waals surface area (Å²) in [6.45, 7) is 6.20. The van der Waals surface area contributed by atoms with E-state index in [1.165, 1.54) is 18.4 Å². The van der Waals surface area contributed by atoms with Crippen LogP contribution < -0.4 is 5.73 Å². The third-order valence-electron chi connectivity index (χ3n) is 3.78. The number of hydrogen-bond acceptors (Lipinski definition) is 3. The molecule has 3 nitrogen and oxygen atoms in total. The lowest BCUT2D eigenvalue weighted by atomic mass is 9.88. The first-order valence-corrected chi connectivity index (χ1v) is 7.53. The van der Waals surface area contributed by atoms with Crippen molar-refractivity contribution in [1.29, 1.82) is 5.41 Å². The minimum absolute atomic E-state index is 0.179. The number of nitrogens with two attached hydrogens (primary N) is 1. The topological polar surface area (TPSA) is 53.1 Å². The van der Waals surface area contributed by atoms with Gasteiger partial charge in [0.1, 0.15) is 0 Å². The Morgan fingerprint density at radius 2 is 2.28 bits per heavy atom. The smallest absolute Gasteiger partial charge is 0.0963 e. The van der Waals surface area contributed by atoms with Crippen molar-refractivity contribution < 1.29 is 0 Å². The van der Waals surface area contributed by atoms with Crippen LogP contribution in [0.3, 0.4) is 0 Å². The second-order valence-electron chi connectivity index (χ2n) is 5.88. The molecule has 0 bridgehead atoms. The van der Waals surface area contributed by atoms with Crippen LogP contribution in [-0.4, -0.2) is 23.3 Å². The summed E-state index contributed by atoms with van der Waals surface area (Å²) in [7, 11) is 0. The molecule has 1 aromatic heterocycles. The minimum atomic E-state index is -0.179. The first-order valence-electron chi connectivity index (χ1n) is 6.59. The summed E-state index contributed by atoms with van der Waals surface area (Å²) >= 11 is 1.76. The summed E-state index contributed by atoms with van der Waals surface area (Å²) in [6, 6.07) is 2.96. The summed E-state index contributed by atoms with van der Waals surface area (Å²) in [5, 5.41) is 12.0. The first-order chi connectivity index (χ1) is 8.49. The Bertz CT molecular complexity index is 393. The van der Waals surface area contributed by atoms with E-state index in [0.29, 0.717) is 5.84 Å². The van der Waals surface area contributed by atoms with Crippen LogP contribution in [0.15, 0.2) is 16.8 Å². The van der Waals surface area contributed by atoms with Crippen molar-refractivity contribution in [2.75, 3.05) is 6.54 Å². The first kappa shape index (κ1) is 13.6. The predicted molar refractivity (Wildman–Crippen MR) is 78.1 cm³/mol. The molecular weight excluding hydrogens is 242 g/mol. The highest BCUT2D eigenvalue weighted by Crippen LogP contribution is 2.30. The van der Waals surface area contributed by atoms with Gasteiger partial charge in [-0.15, -0.1) is 0 Å². The van der Waals surface area contributed by atoms with Crippen molar-refractivity contribution in [2.45, 2.75) is 45.7 Å². The Hall–Kier alpha value is -0.870. The molecule has 1 aromatic rings. The number of nitrogens with one attached hydrogen (secondary N) is 1. The van der Waals surface area contributed by atoms with Crippen LogP contribution in [0.5, 0.6) is 0 Å². The van der Waals surface area contributed by atoms with E-state index >= 15 is 0 Å². The molecular formula is C14H23N3S. The lowest BCUT2D eigenvalue weighted by Gasteiger charge is -2.28. The third kappa shape index (κ3) is 3.56. The van der Waals surface area contributed by atoms with Gasteiger partial charge in [-0.2, -0.15) is 11.3 Å². The van der Waals surface area contributed by atoms with E-state index < -0.39 is 0 Å². The molecule has 1 saturated carbocycles. The summed E-state index contributed by atoms with van der Waals surface area (Å²) in [5.74, 6) is 0.300.